The van der Waals surface area contributed by atoms with Crippen LogP contribution in [0.25, 0.3) is 33.6 Å². The third-order valence-electron chi connectivity index (χ3n) is 12.9. The minimum Gasteiger partial charge on any atom is -0.453 e. The lowest BCUT2D eigenvalue weighted by Gasteiger charge is -2.30. The molecule has 4 N–H and O–H groups in total. The summed E-state index contributed by atoms with van der Waals surface area (Å²) in [5, 5.41) is 5.49. The molecule has 4 amide bonds. The van der Waals surface area contributed by atoms with Gasteiger partial charge in [0, 0.05) is 35.6 Å². The number of nitrogens with one attached hydrogen (secondary N) is 4. The molecule has 60 heavy (non-hydrogen) atoms. The van der Waals surface area contributed by atoms with Crippen molar-refractivity contribution in [2.45, 2.75) is 116 Å². The van der Waals surface area contributed by atoms with Gasteiger partial charge in [0.25, 0.3) is 0 Å². The Hall–Kier alpha value is -5.66. The number of hydrogen-bond acceptors (Lipinski definition) is 8. The molecule has 0 radical (unpaired) electrons. The van der Waals surface area contributed by atoms with Crippen LogP contribution in [-0.4, -0.2) is 93.1 Å². The molecule has 0 bridgehead atoms. The van der Waals surface area contributed by atoms with Crippen LogP contribution in [0.15, 0.2) is 36.4 Å². The smallest absolute Gasteiger partial charge is 0.407 e. The molecule has 14 heteroatoms. The molecule has 4 atom stereocenters. The molecule has 2 aromatic carbocycles. The summed E-state index contributed by atoms with van der Waals surface area (Å²) >= 11 is 0. The molecule has 8 rings (SSSR count). The largest absolute Gasteiger partial charge is 0.453 e. The van der Waals surface area contributed by atoms with Crippen LogP contribution in [0.3, 0.4) is 0 Å². The summed E-state index contributed by atoms with van der Waals surface area (Å²) in [5.74, 6) is 1.18. The van der Waals surface area contributed by atoms with Gasteiger partial charge < -0.3 is 39.9 Å². The Morgan fingerprint density at radius 3 is 1.43 bits per heavy atom. The van der Waals surface area contributed by atoms with Gasteiger partial charge in [-0.05, 0) is 98.3 Å². The molecule has 2 aliphatic heterocycles. The quantitative estimate of drug-likeness (QED) is 0.137. The molecule has 2 saturated heterocycles. The van der Waals surface area contributed by atoms with E-state index in [9.17, 15) is 19.2 Å². The number of ether oxygens (including phenoxy) is 2. The van der Waals surface area contributed by atoms with Gasteiger partial charge in [-0.1, -0.05) is 64.1 Å². The normalized spacial score (nSPS) is 19.4. The second-order valence-corrected chi connectivity index (χ2v) is 17.4. The van der Waals surface area contributed by atoms with Crippen molar-refractivity contribution in [3.8, 4) is 33.6 Å². The molecular formula is C46H58N8O6. The van der Waals surface area contributed by atoms with Crippen LogP contribution >= 0.6 is 0 Å². The van der Waals surface area contributed by atoms with Gasteiger partial charge in [-0.3, -0.25) is 9.59 Å². The Morgan fingerprint density at radius 1 is 0.633 bits per heavy atom. The van der Waals surface area contributed by atoms with Crippen molar-refractivity contribution in [2.75, 3.05) is 27.3 Å². The highest BCUT2D eigenvalue weighted by Crippen LogP contribution is 2.41. The van der Waals surface area contributed by atoms with E-state index in [1.54, 1.807) is 0 Å². The van der Waals surface area contributed by atoms with Crippen LogP contribution in [0.4, 0.5) is 9.59 Å². The first kappa shape index (κ1) is 41.1. The Labute approximate surface area is 351 Å². The maximum Gasteiger partial charge on any atom is 0.407 e. The number of H-pyrrole nitrogens is 2. The van der Waals surface area contributed by atoms with Crippen molar-refractivity contribution >= 4 is 24.0 Å². The zero-order chi connectivity index (χ0) is 42.2. The van der Waals surface area contributed by atoms with Crippen molar-refractivity contribution in [3.05, 3.63) is 70.6 Å². The lowest BCUT2D eigenvalue weighted by Crippen LogP contribution is -2.51. The zero-order valence-corrected chi connectivity index (χ0v) is 35.7. The number of carbonyl (C=O) groups is 4. The number of carbonyl (C=O) groups excluding carboxylic acids is 4. The Morgan fingerprint density at radius 2 is 1.05 bits per heavy atom. The average Bonchev–Trinajstić information content (AvgIpc) is 4.06. The number of fused-ring (bicyclic) bond motifs is 6. The summed E-state index contributed by atoms with van der Waals surface area (Å²) in [6, 6.07) is 11.7. The molecule has 2 aromatic heterocycles. The number of benzene rings is 2. The minimum atomic E-state index is -0.682. The molecule has 4 aromatic rings. The van der Waals surface area contributed by atoms with E-state index in [-0.39, 0.29) is 35.7 Å². The van der Waals surface area contributed by atoms with Gasteiger partial charge in [0.05, 0.1) is 37.7 Å². The number of aromatic amines is 2. The van der Waals surface area contributed by atoms with E-state index < -0.39 is 24.3 Å². The highest BCUT2D eigenvalue weighted by Gasteiger charge is 2.40. The van der Waals surface area contributed by atoms with Crippen molar-refractivity contribution in [2.24, 2.45) is 11.8 Å². The maximum atomic E-state index is 13.8. The second kappa shape index (κ2) is 17.1. The molecule has 2 aliphatic carbocycles. The van der Waals surface area contributed by atoms with E-state index in [0.29, 0.717) is 13.1 Å². The van der Waals surface area contributed by atoms with Crippen molar-refractivity contribution < 1.29 is 28.7 Å². The molecular weight excluding hydrogens is 761 g/mol. The number of alkyl carbamates (subject to hydrolysis) is 2. The van der Waals surface area contributed by atoms with E-state index in [0.717, 1.165) is 121 Å². The number of likely N-dealkylation sites (tertiary alicyclic amines) is 2. The number of aromatic nitrogens is 4. The Kier molecular flexibility index (Phi) is 11.7. The average molecular weight is 819 g/mol. The number of hydrogen-bond donors (Lipinski definition) is 4. The molecule has 0 spiro atoms. The summed E-state index contributed by atoms with van der Waals surface area (Å²) in [7, 11) is 2.61. The Bertz CT molecular complexity index is 2120. The third kappa shape index (κ3) is 7.88. The van der Waals surface area contributed by atoms with E-state index in [1.165, 1.54) is 25.3 Å². The lowest BCUT2D eigenvalue weighted by molar-refractivity contribution is -0.136. The molecule has 14 nitrogen and oxygen atoms in total. The number of imidazole rings is 2. The fourth-order valence-electron chi connectivity index (χ4n) is 9.70. The maximum absolute atomic E-state index is 13.8. The first-order chi connectivity index (χ1) is 28.9. The first-order valence-electron chi connectivity index (χ1n) is 21.7. The van der Waals surface area contributed by atoms with Gasteiger partial charge in [-0.15, -0.1) is 0 Å². The summed E-state index contributed by atoms with van der Waals surface area (Å²) in [4.78, 5) is 73.2. The van der Waals surface area contributed by atoms with Gasteiger partial charge >= 0.3 is 12.2 Å². The van der Waals surface area contributed by atoms with Crippen LogP contribution in [0.1, 0.15) is 112 Å². The molecule has 0 saturated carbocycles. The third-order valence-corrected chi connectivity index (χ3v) is 12.9. The molecule has 4 aliphatic rings. The van der Waals surface area contributed by atoms with Crippen LogP contribution < -0.4 is 10.6 Å². The summed E-state index contributed by atoms with van der Waals surface area (Å²) in [6.07, 6.45) is 7.70. The standard InChI is InChI=1S/C46H58N8O6/c1-25(2)37(51-45(57)59-5)43(55)53-21-9-15-35(53)41-47-33-13-7-11-29-23-27(17-19-31(29)39(33)49-41)28-18-20-32-30(24-28)12-8-14-34-40(32)50-42(48-34)36-16-10-22-54(36)44(56)38(26(3)4)52-46(58)60-6/h17-20,23-26,35-38H,7-16,21-22H2,1-6H3,(H,47,49)(H,48,50)(H,51,57)(H,52,58)/t35-,36+,37-,38-/m0/s1. The van der Waals surface area contributed by atoms with Crippen LogP contribution in [0, 0.1) is 11.8 Å². The number of amides is 4. The Balaban J connectivity index is 1.03. The fourth-order valence-corrected chi connectivity index (χ4v) is 9.70. The van der Waals surface area contributed by atoms with Crippen molar-refractivity contribution in [3.63, 3.8) is 0 Å². The van der Waals surface area contributed by atoms with E-state index in [2.05, 4.69) is 57.0 Å². The predicted molar refractivity (Wildman–Crippen MR) is 227 cm³/mol. The van der Waals surface area contributed by atoms with Gasteiger partial charge in [-0.25, -0.2) is 19.6 Å². The van der Waals surface area contributed by atoms with Crippen LogP contribution in [0.2, 0.25) is 0 Å². The monoisotopic (exact) mass is 818 g/mol. The number of nitrogens with zero attached hydrogens (tertiary/aromatic N) is 4. The number of aryl methyl sites for hydroxylation is 4. The SMILES string of the molecule is COC(=O)N[C@H](C(=O)N1CCC[C@@H]1c1nc2c([nH]1)CCCc1cc(-c3ccc4c(c3)CCCc3[nH]c([C@@H]5CCCN5C(=O)[C@@H](NC(=O)OC)C(C)C)nc3-4)ccc1-2)C(C)C. The molecule has 4 heterocycles. The highest BCUT2D eigenvalue weighted by molar-refractivity contribution is 5.87. The van der Waals surface area contributed by atoms with Crippen molar-refractivity contribution in [1.82, 2.24) is 40.4 Å². The van der Waals surface area contributed by atoms with E-state index in [4.69, 9.17) is 19.4 Å². The number of rotatable bonds is 9. The van der Waals surface area contributed by atoms with Gasteiger partial charge in [0.2, 0.25) is 11.8 Å². The van der Waals surface area contributed by atoms with E-state index >= 15 is 0 Å². The topological polar surface area (TPSA) is 175 Å². The lowest BCUT2D eigenvalue weighted by atomic mass is 9.93. The molecule has 318 valence electrons. The van der Waals surface area contributed by atoms with Gasteiger partial charge in [0.1, 0.15) is 23.7 Å². The second-order valence-electron chi connectivity index (χ2n) is 17.4. The van der Waals surface area contributed by atoms with E-state index in [1.807, 2.05) is 37.5 Å². The summed E-state index contributed by atoms with van der Waals surface area (Å²) in [6.45, 7) is 8.92. The van der Waals surface area contributed by atoms with Crippen LogP contribution in [-0.2, 0) is 44.7 Å². The molecule has 2 fully saturated rings. The zero-order valence-electron chi connectivity index (χ0n) is 35.7. The fraction of sp³-hybridized carbons (Fsp3) is 0.522. The summed E-state index contributed by atoms with van der Waals surface area (Å²) in [5.41, 5.74) is 11.2. The predicted octanol–water partition coefficient (Wildman–Crippen LogP) is 7.20. The number of methoxy groups -OCH3 is 2. The first-order valence-corrected chi connectivity index (χ1v) is 21.7. The molecule has 0 unspecified atom stereocenters. The minimum absolute atomic E-state index is 0.100. The van der Waals surface area contributed by atoms with Gasteiger partial charge in [-0.2, -0.15) is 0 Å². The highest BCUT2D eigenvalue weighted by atomic mass is 16.5. The summed E-state index contributed by atoms with van der Waals surface area (Å²) < 4.78 is 9.63. The van der Waals surface area contributed by atoms with Gasteiger partial charge in [0.15, 0.2) is 0 Å². The van der Waals surface area contributed by atoms with Crippen molar-refractivity contribution in [1.29, 1.82) is 0 Å². The van der Waals surface area contributed by atoms with Crippen LogP contribution in [0.5, 0.6) is 0 Å².